The minimum absolute atomic E-state index is 0.0791. The first kappa shape index (κ1) is 17.8. The Labute approximate surface area is 151 Å². The number of aryl methyl sites for hydroxylation is 1. The average Bonchev–Trinajstić information content (AvgIpc) is 3.24. The minimum atomic E-state index is -0.335. The van der Waals surface area contributed by atoms with Gasteiger partial charge >= 0.3 is 0 Å². The lowest BCUT2D eigenvalue weighted by molar-refractivity contribution is -0.124. The van der Waals surface area contributed by atoms with E-state index < -0.39 is 0 Å². The molecule has 0 aliphatic rings. The van der Waals surface area contributed by atoms with Crippen LogP contribution >= 0.6 is 0 Å². The van der Waals surface area contributed by atoms with Gasteiger partial charge in [-0.1, -0.05) is 6.92 Å². The number of hydrogen-bond donors (Lipinski definition) is 1. The SMILES string of the molecule is CC[C@@H](C(=O)NCc1c(C)nn(-c2ccc(F)cc2)c1C)n1cccn1. The molecule has 136 valence electrons. The molecule has 3 rings (SSSR count). The first-order valence-corrected chi connectivity index (χ1v) is 8.59. The van der Waals surface area contributed by atoms with Gasteiger partial charge in [0.2, 0.25) is 5.91 Å². The number of hydrogen-bond acceptors (Lipinski definition) is 3. The summed E-state index contributed by atoms with van der Waals surface area (Å²) in [7, 11) is 0. The Morgan fingerprint density at radius 3 is 2.62 bits per heavy atom. The topological polar surface area (TPSA) is 64.7 Å². The van der Waals surface area contributed by atoms with Gasteiger partial charge in [0.15, 0.2) is 0 Å². The molecule has 1 N–H and O–H groups in total. The highest BCUT2D eigenvalue weighted by Gasteiger charge is 2.20. The van der Waals surface area contributed by atoms with Gasteiger partial charge in [-0.05, 0) is 50.6 Å². The van der Waals surface area contributed by atoms with Crippen LogP contribution in [-0.2, 0) is 11.3 Å². The number of nitrogens with one attached hydrogen (secondary N) is 1. The third-order valence-corrected chi connectivity index (χ3v) is 4.49. The van der Waals surface area contributed by atoms with Gasteiger partial charge < -0.3 is 5.32 Å². The molecule has 0 radical (unpaired) electrons. The third-order valence-electron chi connectivity index (χ3n) is 4.49. The van der Waals surface area contributed by atoms with Gasteiger partial charge in [0.1, 0.15) is 11.9 Å². The van der Waals surface area contributed by atoms with Crippen LogP contribution in [0.5, 0.6) is 0 Å². The van der Waals surface area contributed by atoms with Crippen molar-refractivity contribution in [1.82, 2.24) is 24.9 Å². The molecule has 6 nitrogen and oxygen atoms in total. The van der Waals surface area contributed by atoms with Crippen molar-refractivity contribution in [3.8, 4) is 5.69 Å². The normalized spacial score (nSPS) is 12.2. The van der Waals surface area contributed by atoms with Crippen molar-refractivity contribution in [2.75, 3.05) is 0 Å². The van der Waals surface area contributed by atoms with E-state index in [1.165, 1.54) is 12.1 Å². The lowest BCUT2D eigenvalue weighted by Crippen LogP contribution is -2.32. The number of nitrogens with zero attached hydrogens (tertiary/aromatic N) is 4. The van der Waals surface area contributed by atoms with Crippen LogP contribution < -0.4 is 5.32 Å². The number of halogens is 1. The summed E-state index contributed by atoms with van der Waals surface area (Å²) >= 11 is 0. The van der Waals surface area contributed by atoms with Gasteiger partial charge in [0.05, 0.1) is 11.4 Å². The van der Waals surface area contributed by atoms with Gasteiger partial charge in [0.25, 0.3) is 0 Å². The van der Waals surface area contributed by atoms with Crippen molar-refractivity contribution in [2.45, 2.75) is 39.8 Å². The lowest BCUT2D eigenvalue weighted by Gasteiger charge is -2.15. The Morgan fingerprint density at radius 1 is 1.27 bits per heavy atom. The highest BCUT2D eigenvalue weighted by molar-refractivity contribution is 5.80. The molecule has 0 unspecified atom stereocenters. The highest BCUT2D eigenvalue weighted by Crippen LogP contribution is 2.19. The number of benzene rings is 1. The van der Waals surface area contributed by atoms with Crippen LogP contribution in [0.15, 0.2) is 42.7 Å². The molecule has 1 amide bonds. The summed E-state index contributed by atoms with van der Waals surface area (Å²) in [6, 6.07) is 7.64. The Hall–Kier alpha value is -2.96. The standard InChI is InChI=1S/C19H22FN5O/c1-4-18(24-11-5-10-22-24)19(26)21-12-17-13(2)23-25(14(17)3)16-8-6-15(20)7-9-16/h5-11,18H,4,12H2,1-3H3,(H,21,26)/t18-/m0/s1. The zero-order chi connectivity index (χ0) is 18.7. The van der Waals surface area contributed by atoms with Crippen LogP contribution in [0.1, 0.15) is 36.3 Å². The van der Waals surface area contributed by atoms with E-state index in [2.05, 4.69) is 15.5 Å². The van der Waals surface area contributed by atoms with E-state index in [0.717, 1.165) is 22.6 Å². The molecule has 2 aromatic heterocycles. The van der Waals surface area contributed by atoms with Crippen LogP contribution in [0, 0.1) is 19.7 Å². The van der Waals surface area contributed by atoms with Crippen molar-refractivity contribution >= 4 is 5.91 Å². The number of carbonyl (C=O) groups excluding carboxylic acids is 1. The van der Waals surface area contributed by atoms with E-state index in [4.69, 9.17) is 0 Å². The van der Waals surface area contributed by atoms with E-state index in [1.54, 1.807) is 40.0 Å². The second-order valence-corrected chi connectivity index (χ2v) is 6.17. The summed E-state index contributed by atoms with van der Waals surface area (Å²) in [5, 5.41) is 11.7. The third kappa shape index (κ3) is 3.51. The van der Waals surface area contributed by atoms with Crippen LogP contribution in [0.2, 0.25) is 0 Å². The van der Waals surface area contributed by atoms with Crippen molar-refractivity contribution in [3.63, 3.8) is 0 Å². The number of aromatic nitrogens is 4. The summed E-state index contributed by atoms with van der Waals surface area (Å²) in [6.45, 7) is 6.18. The maximum Gasteiger partial charge on any atom is 0.245 e. The van der Waals surface area contributed by atoms with Crippen LogP contribution in [0.4, 0.5) is 4.39 Å². The predicted octanol–water partition coefficient (Wildman–Crippen LogP) is 3.09. The average molecular weight is 355 g/mol. The summed E-state index contributed by atoms with van der Waals surface area (Å²) in [5.74, 6) is -0.364. The number of amides is 1. The smallest absolute Gasteiger partial charge is 0.245 e. The first-order chi connectivity index (χ1) is 12.5. The molecule has 2 heterocycles. The zero-order valence-electron chi connectivity index (χ0n) is 15.1. The molecule has 3 aromatic rings. The molecule has 0 saturated carbocycles. The Balaban J connectivity index is 1.76. The molecule has 0 aliphatic carbocycles. The van der Waals surface area contributed by atoms with Crippen molar-refractivity contribution < 1.29 is 9.18 Å². The molecule has 0 saturated heterocycles. The van der Waals surface area contributed by atoms with Crippen molar-refractivity contribution in [2.24, 2.45) is 0 Å². The molecule has 0 spiro atoms. The van der Waals surface area contributed by atoms with Gasteiger partial charge in [-0.25, -0.2) is 9.07 Å². The highest BCUT2D eigenvalue weighted by atomic mass is 19.1. The number of carbonyl (C=O) groups is 1. The van der Waals surface area contributed by atoms with Crippen molar-refractivity contribution in [3.05, 3.63) is 65.5 Å². The molecular weight excluding hydrogens is 333 g/mol. The van der Waals surface area contributed by atoms with Crippen LogP contribution in [0.3, 0.4) is 0 Å². The van der Waals surface area contributed by atoms with E-state index >= 15 is 0 Å². The summed E-state index contributed by atoms with van der Waals surface area (Å²) in [6.07, 6.45) is 4.11. The van der Waals surface area contributed by atoms with E-state index in [0.29, 0.717) is 13.0 Å². The molecule has 26 heavy (non-hydrogen) atoms. The first-order valence-electron chi connectivity index (χ1n) is 8.59. The molecule has 1 aromatic carbocycles. The summed E-state index contributed by atoms with van der Waals surface area (Å²) in [5.41, 5.74) is 3.49. The fraction of sp³-hybridized carbons (Fsp3) is 0.316. The van der Waals surface area contributed by atoms with E-state index in [9.17, 15) is 9.18 Å². The van der Waals surface area contributed by atoms with Gasteiger partial charge in [-0.15, -0.1) is 0 Å². The van der Waals surface area contributed by atoms with Crippen LogP contribution in [0.25, 0.3) is 5.69 Å². The lowest BCUT2D eigenvalue weighted by atomic mass is 10.1. The molecule has 7 heteroatoms. The maximum absolute atomic E-state index is 13.1. The largest absolute Gasteiger partial charge is 0.350 e. The van der Waals surface area contributed by atoms with E-state index in [1.807, 2.05) is 20.8 Å². The molecule has 0 fully saturated rings. The van der Waals surface area contributed by atoms with Crippen molar-refractivity contribution in [1.29, 1.82) is 0 Å². The Kier molecular flexibility index (Phi) is 5.16. The molecule has 0 aliphatic heterocycles. The second kappa shape index (κ2) is 7.51. The monoisotopic (exact) mass is 355 g/mol. The molecular formula is C19H22FN5O. The Morgan fingerprint density at radius 2 is 2.00 bits per heavy atom. The summed E-state index contributed by atoms with van der Waals surface area (Å²) < 4.78 is 16.6. The minimum Gasteiger partial charge on any atom is -0.350 e. The zero-order valence-corrected chi connectivity index (χ0v) is 15.1. The van der Waals surface area contributed by atoms with Crippen LogP contribution in [-0.4, -0.2) is 25.5 Å². The van der Waals surface area contributed by atoms with Gasteiger partial charge in [-0.2, -0.15) is 10.2 Å². The molecule has 1 atom stereocenters. The second-order valence-electron chi connectivity index (χ2n) is 6.17. The van der Waals surface area contributed by atoms with Gasteiger partial charge in [0, 0.05) is 30.2 Å². The number of rotatable bonds is 6. The van der Waals surface area contributed by atoms with E-state index in [-0.39, 0.29) is 17.8 Å². The summed E-state index contributed by atoms with van der Waals surface area (Å²) in [4.78, 5) is 12.5. The predicted molar refractivity (Wildman–Crippen MR) is 96.4 cm³/mol. The fourth-order valence-electron chi connectivity index (χ4n) is 3.02. The maximum atomic E-state index is 13.1. The molecule has 0 bridgehead atoms. The fourth-order valence-corrected chi connectivity index (χ4v) is 3.02. The quantitative estimate of drug-likeness (QED) is 0.739. The Bertz CT molecular complexity index is 884. The van der Waals surface area contributed by atoms with Gasteiger partial charge in [-0.3, -0.25) is 9.48 Å².